The van der Waals surface area contributed by atoms with Gasteiger partial charge in [-0.2, -0.15) is 0 Å². The number of pyridine rings is 1. The Hall–Kier alpha value is -2.19. The third-order valence-corrected chi connectivity index (χ3v) is 5.63. The summed E-state index contributed by atoms with van der Waals surface area (Å²) >= 11 is 3.42. The number of fused-ring (bicyclic) bond motifs is 1. The van der Waals surface area contributed by atoms with E-state index in [1.807, 2.05) is 14.1 Å². The Bertz CT molecular complexity index is 1010. The molecular weight excluding hydrogens is 392 g/mol. The van der Waals surface area contributed by atoms with Gasteiger partial charge in [-0.1, -0.05) is 18.2 Å². The highest BCUT2D eigenvalue weighted by molar-refractivity contribution is 9.10. The molecule has 24 heavy (non-hydrogen) atoms. The van der Waals surface area contributed by atoms with Crippen LogP contribution in [0, 0.1) is 0 Å². The van der Waals surface area contributed by atoms with Gasteiger partial charge in [0.1, 0.15) is 0 Å². The fraction of sp³-hybridized carbons (Fsp3) is 0.125. The lowest BCUT2D eigenvalue weighted by Gasteiger charge is -2.07. The topological polar surface area (TPSA) is 67.6 Å². The van der Waals surface area contributed by atoms with Gasteiger partial charge in [0.25, 0.3) is 10.0 Å². The molecule has 2 aromatic heterocycles. The number of benzene rings is 1. The maximum absolute atomic E-state index is 12.8. The predicted octanol–water partition coefficient (Wildman–Crippen LogP) is 3.26. The average molecular weight is 407 g/mol. The Labute approximate surface area is 148 Å². The number of hydrogen-bond acceptors (Lipinski definition) is 4. The highest BCUT2D eigenvalue weighted by Gasteiger charge is 2.20. The molecule has 0 spiro atoms. The Morgan fingerprint density at radius 2 is 1.96 bits per heavy atom. The van der Waals surface area contributed by atoms with Crippen LogP contribution in [0.25, 0.3) is 10.9 Å². The van der Waals surface area contributed by atoms with Crippen molar-refractivity contribution < 1.29 is 8.42 Å². The van der Waals surface area contributed by atoms with Crippen LogP contribution in [-0.2, 0) is 10.0 Å². The molecule has 0 aliphatic carbocycles. The zero-order valence-electron chi connectivity index (χ0n) is 13.1. The van der Waals surface area contributed by atoms with Crippen molar-refractivity contribution in [2.45, 2.75) is 4.90 Å². The van der Waals surface area contributed by atoms with E-state index in [0.717, 1.165) is 5.39 Å². The molecule has 0 unspecified atom stereocenters. The van der Waals surface area contributed by atoms with E-state index in [4.69, 9.17) is 0 Å². The fourth-order valence-corrected chi connectivity index (χ4v) is 4.23. The number of aromatic nitrogens is 2. The molecule has 0 atom stereocenters. The third-order valence-electron chi connectivity index (χ3n) is 3.31. The smallest absolute Gasteiger partial charge is 0.268 e. The number of rotatable bonds is 4. The number of halogens is 1. The summed E-state index contributed by atoms with van der Waals surface area (Å²) in [4.78, 5) is 10.5. The van der Waals surface area contributed by atoms with E-state index < -0.39 is 10.0 Å². The first-order valence-corrected chi connectivity index (χ1v) is 9.31. The lowest BCUT2D eigenvalue weighted by Crippen LogP contribution is -2.11. The van der Waals surface area contributed by atoms with Gasteiger partial charge in [-0.15, -0.1) is 0 Å². The normalized spacial score (nSPS) is 12.1. The van der Waals surface area contributed by atoms with E-state index in [2.05, 4.69) is 25.9 Å². The van der Waals surface area contributed by atoms with Crippen molar-refractivity contribution in [3.8, 4) is 0 Å². The Kier molecular flexibility index (Phi) is 4.42. The second kappa shape index (κ2) is 6.37. The van der Waals surface area contributed by atoms with Gasteiger partial charge < -0.3 is 4.90 Å². The molecule has 6 nitrogen and oxygen atoms in total. The van der Waals surface area contributed by atoms with Crippen molar-refractivity contribution in [3.05, 3.63) is 53.3 Å². The van der Waals surface area contributed by atoms with E-state index in [-0.39, 0.29) is 4.90 Å². The molecule has 0 saturated carbocycles. The summed E-state index contributed by atoms with van der Waals surface area (Å²) in [6.45, 7) is 0. The zero-order chi connectivity index (χ0) is 17.3. The van der Waals surface area contributed by atoms with Crippen molar-refractivity contribution in [1.29, 1.82) is 0 Å². The monoisotopic (exact) mass is 406 g/mol. The highest BCUT2D eigenvalue weighted by atomic mass is 79.9. The van der Waals surface area contributed by atoms with Crippen LogP contribution in [0.4, 0.5) is 5.82 Å². The van der Waals surface area contributed by atoms with E-state index >= 15 is 0 Å². The molecule has 124 valence electrons. The lowest BCUT2D eigenvalue weighted by atomic mass is 10.3. The molecule has 0 bridgehead atoms. The van der Waals surface area contributed by atoms with Crippen LogP contribution in [0.15, 0.2) is 63.2 Å². The van der Waals surface area contributed by atoms with Crippen molar-refractivity contribution in [3.63, 3.8) is 0 Å². The van der Waals surface area contributed by atoms with Gasteiger partial charge in [-0.25, -0.2) is 22.4 Å². The second-order valence-electron chi connectivity index (χ2n) is 5.36. The molecule has 0 saturated heterocycles. The van der Waals surface area contributed by atoms with Crippen LogP contribution in [0.1, 0.15) is 0 Å². The summed E-state index contributed by atoms with van der Waals surface area (Å²) in [6, 6.07) is 10.0. The first-order chi connectivity index (χ1) is 11.4. The summed E-state index contributed by atoms with van der Waals surface area (Å²) < 4.78 is 27.6. The maximum Gasteiger partial charge on any atom is 0.268 e. The van der Waals surface area contributed by atoms with Crippen LogP contribution in [0.2, 0.25) is 0 Å². The van der Waals surface area contributed by atoms with Gasteiger partial charge in [0.2, 0.25) is 0 Å². The van der Waals surface area contributed by atoms with Gasteiger partial charge in [0.05, 0.1) is 22.9 Å². The number of hydrogen-bond donors (Lipinski definition) is 0. The number of nitrogens with zero attached hydrogens (tertiary/aromatic N) is 4. The summed E-state index contributed by atoms with van der Waals surface area (Å²) in [5.74, 6) is 0.506. The van der Waals surface area contributed by atoms with Crippen LogP contribution >= 0.6 is 15.9 Å². The molecule has 0 N–H and O–H groups in total. The fourth-order valence-electron chi connectivity index (χ4n) is 2.20. The molecule has 3 aromatic rings. The Morgan fingerprint density at radius 1 is 1.25 bits per heavy atom. The Morgan fingerprint density at radius 3 is 2.62 bits per heavy atom. The third kappa shape index (κ3) is 3.07. The van der Waals surface area contributed by atoms with E-state index in [0.29, 0.717) is 15.8 Å². The van der Waals surface area contributed by atoms with Crippen LogP contribution < -0.4 is 0 Å². The standard InChI is InChI=1S/C16H15BrN4O2S/c1-20(2)11-19-16-8-13-14(17)10-21(15(13)9-18-16)24(22,23)12-6-4-3-5-7-12/h3-11H,1-2H3. The van der Waals surface area contributed by atoms with Crippen LogP contribution in [0.5, 0.6) is 0 Å². The number of aliphatic imine (C=N–C) groups is 1. The Balaban J connectivity index is 2.14. The van der Waals surface area contributed by atoms with Crippen molar-refractivity contribution in [2.75, 3.05) is 14.1 Å². The molecule has 0 aliphatic heterocycles. The lowest BCUT2D eigenvalue weighted by molar-refractivity contribution is 0.589. The first-order valence-electron chi connectivity index (χ1n) is 7.07. The van der Waals surface area contributed by atoms with Gasteiger partial charge in [0, 0.05) is 30.2 Å². The van der Waals surface area contributed by atoms with E-state index in [1.54, 1.807) is 47.6 Å². The molecule has 1 aromatic carbocycles. The van der Waals surface area contributed by atoms with Gasteiger partial charge in [-0.05, 0) is 34.1 Å². The SMILES string of the molecule is CN(C)C=Nc1cc2c(Br)cn(S(=O)(=O)c3ccccc3)c2cn1. The van der Waals surface area contributed by atoms with E-state index in [1.165, 1.54) is 16.4 Å². The quantitative estimate of drug-likeness (QED) is 0.492. The molecule has 0 amide bonds. The molecule has 2 heterocycles. The van der Waals surface area contributed by atoms with E-state index in [9.17, 15) is 8.42 Å². The second-order valence-corrected chi connectivity index (χ2v) is 8.03. The summed E-state index contributed by atoms with van der Waals surface area (Å²) in [5, 5.41) is 0.732. The highest BCUT2D eigenvalue weighted by Crippen LogP contribution is 2.31. The van der Waals surface area contributed by atoms with Crippen LogP contribution in [-0.4, -0.2) is 42.7 Å². The summed E-state index contributed by atoms with van der Waals surface area (Å²) in [6.07, 6.45) is 4.69. The van der Waals surface area contributed by atoms with Gasteiger partial charge >= 0.3 is 0 Å². The molecule has 0 fully saturated rings. The average Bonchev–Trinajstić information content (AvgIpc) is 2.91. The van der Waals surface area contributed by atoms with Crippen LogP contribution in [0.3, 0.4) is 0 Å². The largest absolute Gasteiger partial charge is 0.369 e. The molecule has 8 heteroatoms. The molecule has 0 aliphatic rings. The zero-order valence-corrected chi connectivity index (χ0v) is 15.5. The minimum Gasteiger partial charge on any atom is -0.369 e. The molecule has 3 rings (SSSR count). The minimum atomic E-state index is -3.68. The van der Waals surface area contributed by atoms with Crippen molar-refractivity contribution in [1.82, 2.24) is 13.9 Å². The van der Waals surface area contributed by atoms with Crippen molar-refractivity contribution >= 4 is 49.0 Å². The van der Waals surface area contributed by atoms with Gasteiger partial charge in [-0.3, -0.25) is 0 Å². The summed E-state index contributed by atoms with van der Waals surface area (Å²) in [7, 11) is 0.0406. The maximum atomic E-state index is 12.8. The molecular formula is C16H15BrN4O2S. The molecule has 0 radical (unpaired) electrons. The predicted molar refractivity (Wildman–Crippen MR) is 98.3 cm³/mol. The van der Waals surface area contributed by atoms with Gasteiger partial charge in [0.15, 0.2) is 5.82 Å². The van der Waals surface area contributed by atoms with Crippen molar-refractivity contribution in [2.24, 2.45) is 4.99 Å². The first kappa shape index (κ1) is 16.7. The minimum absolute atomic E-state index is 0.226. The summed E-state index contributed by atoms with van der Waals surface area (Å²) in [5.41, 5.74) is 0.495.